The number of hydrogen-bond acceptors (Lipinski definition) is 5. The molecule has 158 valence electrons. The number of aldehydes is 1. The molecule has 2 saturated heterocycles. The van der Waals surface area contributed by atoms with E-state index in [1.807, 2.05) is 24.3 Å². The monoisotopic (exact) mass is 398 g/mol. The topological polar surface area (TPSA) is 72.6 Å². The predicted octanol–water partition coefficient (Wildman–Crippen LogP) is 2.67. The third-order valence-corrected chi connectivity index (χ3v) is 8.78. The summed E-state index contributed by atoms with van der Waals surface area (Å²) in [6, 6.07) is 8.59. The van der Waals surface area contributed by atoms with Crippen molar-refractivity contribution in [2.75, 3.05) is 13.1 Å². The number of rotatable bonds is 6. The summed E-state index contributed by atoms with van der Waals surface area (Å²) < 4.78 is 0. The molecule has 5 nitrogen and oxygen atoms in total. The minimum atomic E-state index is -0.658. The number of carbonyl (C=O) groups is 1. The van der Waals surface area contributed by atoms with Gasteiger partial charge in [0.1, 0.15) is 12.0 Å². The fraction of sp³-hybridized carbons (Fsp3) is 0.708. The number of nitrogens with one attached hydrogen (secondary N) is 1. The molecule has 0 aromatic heterocycles. The molecule has 1 aromatic rings. The second-order valence-corrected chi connectivity index (χ2v) is 10.1. The zero-order valence-electron chi connectivity index (χ0n) is 17.4. The first-order chi connectivity index (χ1) is 14.0. The summed E-state index contributed by atoms with van der Waals surface area (Å²) in [5.41, 5.74) is 1.36. The molecule has 1 unspecified atom stereocenters. The Balaban J connectivity index is 1.24. The van der Waals surface area contributed by atoms with Crippen LogP contribution in [0.15, 0.2) is 24.3 Å². The molecule has 2 heterocycles. The van der Waals surface area contributed by atoms with Gasteiger partial charge in [0, 0.05) is 42.1 Å². The Morgan fingerprint density at radius 1 is 1.24 bits per heavy atom. The van der Waals surface area contributed by atoms with Gasteiger partial charge >= 0.3 is 0 Å². The Morgan fingerprint density at radius 3 is 2.66 bits per heavy atom. The van der Waals surface area contributed by atoms with E-state index in [-0.39, 0.29) is 17.4 Å². The Morgan fingerprint density at radius 2 is 1.97 bits per heavy atom. The molecule has 0 radical (unpaired) electrons. The van der Waals surface area contributed by atoms with Crippen LogP contribution in [0.4, 0.5) is 0 Å². The summed E-state index contributed by atoms with van der Waals surface area (Å²) in [4.78, 5) is 13.2. The maximum atomic E-state index is 11.1. The number of aliphatic hydroxyl groups is 2. The second-order valence-electron chi connectivity index (χ2n) is 10.1. The molecule has 7 atom stereocenters. The van der Waals surface area contributed by atoms with Gasteiger partial charge in [0.25, 0.3) is 0 Å². The van der Waals surface area contributed by atoms with E-state index < -0.39 is 5.72 Å². The minimum absolute atomic E-state index is 0.0808. The minimum Gasteiger partial charge on any atom is -0.392 e. The van der Waals surface area contributed by atoms with Gasteiger partial charge in [-0.3, -0.25) is 9.69 Å². The van der Waals surface area contributed by atoms with Crippen LogP contribution in [0, 0.1) is 11.3 Å². The van der Waals surface area contributed by atoms with Gasteiger partial charge in [-0.05, 0) is 43.6 Å². The average molecular weight is 399 g/mol. The van der Waals surface area contributed by atoms with Gasteiger partial charge in [-0.25, -0.2) is 0 Å². The molecule has 29 heavy (non-hydrogen) atoms. The number of benzene rings is 1. The molecule has 2 aliphatic carbocycles. The maximum absolute atomic E-state index is 11.1. The fourth-order valence-corrected chi connectivity index (χ4v) is 6.85. The molecule has 5 heteroatoms. The highest BCUT2D eigenvalue weighted by molar-refractivity contribution is 5.74. The van der Waals surface area contributed by atoms with E-state index in [2.05, 4.69) is 17.1 Å². The second kappa shape index (κ2) is 7.16. The summed E-state index contributed by atoms with van der Waals surface area (Å²) >= 11 is 0. The van der Waals surface area contributed by atoms with Gasteiger partial charge in [-0.2, -0.15) is 0 Å². The Hall–Kier alpha value is -1.27. The maximum Gasteiger partial charge on any atom is 0.150 e. The van der Waals surface area contributed by atoms with Crippen LogP contribution in [-0.4, -0.2) is 58.4 Å². The van der Waals surface area contributed by atoms with Crippen molar-refractivity contribution in [1.29, 1.82) is 0 Å². The third kappa shape index (κ3) is 3.09. The molecule has 0 amide bonds. The Labute approximate surface area is 173 Å². The lowest BCUT2D eigenvalue weighted by Crippen LogP contribution is -2.47. The molecule has 3 N–H and O–H groups in total. The molecule has 4 fully saturated rings. The van der Waals surface area contributed by atoms with Gasteiger partial charge in [-0.15, -0.1) is 0 Å². The lowest BCUT2D eigenvalue weighted by molar-refractivity contribution is 0.0329. The van der Waals surface area contributed by atoms with Crippen LogP contribution in [-0.2, 0) is 0 Å². The third-order valence-electron chi connectivity index (χ3n) is 8.78. The zero-order valence-corrected chi connectivity index (χ0v) is 17.4. The van der Waals surface area contributed by atoms with Crippen LogP contribution in [0.25, 0.3) is 0 Å². The van der Waals surface area contributed by atoms with E-state index in [0.717, 1.165) is 51.5 Å². The quantitative estimate of drug-likeness (QED) is 0.508. The highest BCUT2D eigenvalue weighted by Crippen LogP contribution is 2.54. The molecular formula is C24H34N2O3. The zero-order chi connectivity index (χ0) is 20.2. The van der Waals surface area contributed by atoms with E-state index in [4.69, 9.17) is 0 Å². The van der Waals surface area contributed by atoms with Crippen LogP contribution in [0.5, 0.6) is 0 Å². The van der Waals surface area contributed by atoms with Crippen molar-refractivity contribution in [2.24, 2.45) is 11.3 Å². The number of carbonyl (C=O) groups excluding carboxylic acids is 1. The summed E-state index contributed by atoms with van der Waals surface area (Å²) in [7, 11) is 0. The molecule has 1 spiro atoms. The SMILES string of the molecule is C[C@H](c1ccc(C=O)cc1)[C@@H]1C[C@@H](CN[C@H]2CC[C@H](O)C23CCCC3)[C@]2(O)CN12. The molecule has 1 aromatic carbocycles. The van der Waals surface area contributed by atoms with Crippen LogP contribution in [0.2, 0.25) is 0 Å². The van der Waals surface area contributed by atoms with E-state index in [1.54, 1.807) is 0 Å². The van der Waals surface area contributed by atoms with Gasteiger partial charge in [0.05, 0.1) is 6.10 Å². The van der Waals surface area contributed by atoms with Crippen molar-refractivity contribution < 1.29 is 15.0 Å². The largest absolute Gasteiger partial charge is 0.392 e. The molecule has 0 bridgehead atoms. The van der Waals surface area contributed by atoms with Crippen molar-refractivity contribution in [3.05, 3.63) is 35.4 Å². The Bertz CT molecular complexity index is 760. The first kappa shape index (κ1) is 19.7. The molecule has 2 saturated carbocycles. The van der Waals surface area contributed by atoms with Crippen molar-refractivity contribution in [2.45, 2.75) is 81.7 Å². The van der Waals surface area contributed by atoms with Crippen LogP contribution in [0.1, 0.15) is 73.7 Å². The van der Waals surface area contributed by atoms with Crippen molar-refractivity contribution in [3.8, 4) is 0 Å². The summed E-state index contributed by atoms with van der Waals surface area (Å²) in [5, 5.41) is 25.6. The summed E-state index contributed by atoms with van der Waals surface area (Å²) in [6.45, 7) is 3.83. The molecule has 5 rings (SSSR count). The molecule has 2 aliphatic heterocycles. The van der Waals surface area contributed by atoms with E-state index in [1.165, 1.54) is 18.4 Å². The summed E-state index contributed by atoms with van der Waals surface area (Å²) in [6.07, 6.45) is 8.43. The normalized spacial score (nSPS) is 40.9. The average Bonchev–Trinajstić information content (AvgIpc) is 3.05. The van der Waals surface area contributed by atoms with Gasteiger partial charge in [-0.1, -0.05) is 44.0 Å². The van der Waals surface area contributed by atoms with E-state index >= 15 is 0 Å². The number of hydrogen-bond donors (Lipinski definition) is 3. The van der Waals surface area contributed by atoms with Gasteiger partial charge < -0.3 is 15.5 Å². The number of fused-ring (bicyclic) bond motifs is 1. The van der Waals surface area contributed by atoms with Crippen molar-refractivity contribution >= 4 is 6.29 Å². The number of nitrogens with zero attached hydrogens (tertiary/aromatic N) is 1. The highest BCUT2D eigenvalue weighted by atomic mass is 16.3. The van der Waals surface area contributed by atoms with Crippen LogP contribution < -0.4 is 5.32 Å². The first-order valence-corrected chi connectivity index (χ1v) is 11.4. The first-order valence-electron chi connectivity index (χ1n) is 11.4. The molecular weight excluding hydrogens is 364 g/mol. The highest BCUT2D eigenvalue weighted by Gasteiger charge is 2.65. The number of aliphatic hydroxyl groups excluding tert-OH is 1. The lowest BCUT2D eigenvalue weighted by Gasteiger charge is -2.35. The van der Waals surface area contributed by atoms with Crippen LogP contribution >= 0.6 is 0 Å². The van der Waals surface area contributed by atoms with Gasteiger partial charge in [0.2, 0.25) is 0 Å². The van der Waals surface area contributed by atoms with Crippen molar-refractivity contribution in [3.63, 3.8) is 0 Å². The van der Waals surface area contributed by atoms with E-state index in [0.29, 0.717) is 23.6 Å². The standard InChI is InChI=1S/C24H34N2O3/c1-16(18-6-4-17(14-27)5-7-18)20-12-19(24(29)15-26(20)24)13-25-21-8-9-22(28)23(21)10-2-3-11-23/h4-7,14,16,19-22,25,28-29H,2-3,8-13,15H2,1H3/t16-,19+,20+,21+,22+,24-,26?/m1/s1. The number of piperidine rings is 1. The fourth-order valence-electron chi connectivity index (χ4n) is 6.85. The smallest absolute Gasteiger partial charge is 0.150 e. The molecule has 4 aliphatic rings. The summed E-state index contributed by atoms with van der Waals surface area (Å²) in [5.74, 6) is 0.560. The van der Waals surface area contributed by atoms with E-state index in [9.17, 15) is 15.0 Å². The Kier molecular flexibility index (Phi) is 4.86. The van der Waals surface area contributed by atoms with Crippen LogP contribution in [0.3, 0.4) is 0 Å². The van der Waals surface area contributed by atoms with Crippen molar-refractivity contribution in [1.82, 2.24) is 10.2 Å². The lowest BCUT2D eigenvalue weighted by atomic mass is 9.78. The van der Waals surface area contributed by atoms with Gasteiger partial charge in [0.15, 0.2) is 0 Å². The predicted molar refractivity (Wildman–Crippen MR) is 112 cm³/mol.